The van der Waals surface area contributed by atoms with Crippen LogP contribution in [-0.4, -0.2) is 54.1 Å². The maximum absolute atomic E-state index is 12.6. The summed E-state index contributed by atoms with van der Waals surface area (Å²) in [6.07, 6.45) is 1.63. The SMILES string of the molecule is COc1ccc(-c2cc3ncnc(N4CCN(C(=O)c5cccs5)CC4)c3s2)cc1. The number of thiophene rings is 2. The molecule has 3 aromatic heterocycles. The third-order valence-corrected chi connectivity index (χ3v) is 7.29. The van der Waals surface area contributed by atoms with Crippen molar-refractivity contribution in [3.05, 3.63) is 59.0 Å². The molecule has 5 rings (SSSR count). The number of aromatic nitrogens is 2. The summed E-state index contributed by atoms with van der Waals surface area (Å²) in [5.74, 6) is 1.92. The fourth-order valence-corrected chi connectivity index (χ4v) is 5.47. The topological polar surface area (TPSA) is 58.6 Å². The first-order valence-corrected chi connectivity index (χ1v) is 11.4. The summed E-state index contributed by atoms with van der Waals surface area (Å²) in [6.45, 7) is 2.91. The average molecular weight is 437 g/mol. The number of piperazine rings is 1. The minimum absolute atomic E-state index is 0.121. The van der Waals surface area contributed by atoms with Crippen molar-refractivity contribution in [3.8, 4) is 16.2 Å². The summed E-state index contributed by atoms with van der Waals surface area (Å²) < 4.78 is 6.34. The zero-order valence-corrected chi connectivity index (χ0v) is 18.1. The first-order chi connectivity index (χ1) is 14.7. The quantitative estimate of drug-likeness (QED) is 0.475. The molecule has 0 aliphatic carbocycles. The highest BCUT2D eigenvalue weighted by molar-refractivity contribution is 7.22. The standard InChI is InChI=1S/C22H20N4O2S2/c1-28-16-6-4-15(5-7-16)19-13-17-20(30-19)21(24-14-23-17)25-8-10-26(11-9-25)22(27)18-3-2-12-29-18/h2-7,12-14H,8-11H2,1H3. The molecule has 152 valence electrons. The van der Waals surface area contributed by atoms with Crippen LogP contribution in [0.4, 0.5) is 5.82 Å². The van der Waals surface area contributed by atoms with Gasteiger partial charge in [0.15, 0.2) is 0 Å². The zero-order valence-electron chi connectivity index (χ0n) is 16.4. The molecule has 1 aromatic carbocycles. The molecule has 0 spiro atoms. The van der Waals surface area contributed by atoms with Crippen molar-refractivity contribution in [3.63, 3.8) is 0 Å². The number of hydrogen-bond donors (Lipinski definition) is 0. The molecule has 0 bridgehead atoms. The molecule has 1 aliphatic rings. The molecule has 6 nitrogen and oxygen atoms in total. The summed E-state index contributed by atoms with van der Waals surface area (Å²) in [4.78, 5) is 27.8. The number of amides is 1. The van der Waals surface area contributed by atoms with Gasteiger partial charge in [-0.1, -0.05) is 6.07 Å². The summed E-state index contributed by atoms with van der Waals surface area (Å²) in [5, 5.41) is 1.94. The van der Waals surface area contributed by atoms with Crippen molar-refractivity contribution >= 4 is 44.6 Å². The molecule has 30 heavy (non-hydrogen) atoms. The van der Waals surface area contributed by atoms with Crippen LogP contribution in [0, 0.1) is 0 Å². The molecule has 1 aliphatic heterocycles. The number of hydrogen-bond acceptors (Lipinski definition) is 7. The highest BCUT2D eigenvalue weighted by Crippen LogP contribution is 2.37. The van der Waals surface area contributed by atoms with Gasteiger partial charge in [0.1, 0.15) is 17.9 Å². The Labute approximate surface area is 182 Å². The first-order valence-electron chi connectivity index (χ1n) is 9.69. The van der Waals surface area contributed by atoms with E-state index >= 15 is 0 Å². The Bertz CT molecular complexity index is 1160. The van der Waals surface area contributed by atoms with E-state index in [1.54, 1.807) is 24.8 Å². The van der Waals surface area contributed by atoms with Gasteiger partial charge in [0, 0.05) is 31.1 Å². The second-order valence-corrected chi connectivity index (χ2v) is 9.01. The van der Waals surface area contributed by atoms with E-state index in [2.05, 4.69) is 33.1 Å². The number of methoxy groups -OCH3 is 1. The van der Waals surface area contributed by atoms with Gasteiger partial charge in [-0.3, -0.25) is 4.79 Å². The minimum Gasteiger partial charge on any atom is -0.497 e. The molecule has 1 saturated heterocycles. The number of benzene rings is 1. The van der Waals surface area contributed by atoms with Crippen molar-refractivity contribution in [1.82, 2.24) is 14.9 Å². The lowest BCUT2D eigenvalue weighted by atomic mass is 10.2. The zero-order chi connectivity index (χ0) is 20.5. The molecule has 8 heteroatoms. The van der Waals surface area contributed by atoms with Crippen molar-refractivity contribution in [2.45, 2.75) is 0 Å². The third-order valence-electron chi connectivity index (χ3n) is 5.27. The largest absolute Gasteiger partial charge is 0.497 e. The predicted molar refractivity (Wildman–Crippen MR) is 122 cm³/mol. The molecule has 0 saturated carbocycles. The van der Waals surface area contributed by atoms with E-state index in [4.69, 9.17) is 4.74 Å². The highest BCUT2D eigenvalue weighted by Gasteiger charge is 2.25. The Morgan fingerprint density at radius 3 is 2.57 bits per heavy atom. The van der Waals surface area contributed by atoms with Crippen molar-refractivity contribution in [1.29, 1.82) is 0 Å². The molecule has 4 aromatic rings. The van der Waals surface area contributed by atoms with E-state index in [1.165, 1.54) is 11.3 Å². The van der Waals surface area contributed by atoms with Gasteiger partial charge in [0.2, 0.25) is 0 Å². The Morgan fingerprint density at radius 1 is 1.07 bits per heavy atom. The molecular weight excluding hydrogens is 416 g/mol. The smallest absolute Gasteiger partial charge is 0.264 e. The molecule has 0 N–H and O–H groups in total. The van der Waals surface area contributed by atoms with Crippen molar-refractivity contribution in [2.24, 2.45) is 0 Å². The molecule has 0 atom stereocenters. The lowest BCUT2D eigenvalue weighted by Gasteiger charge is -2.35. The summed E-state index contributed by atoms with van der Waals surface area (Å²) in [6, 6.07) is 14.0. The predicted octanol–water partition coefficient (Wildman–Crippen LogP) is 4.39. The van der Waals surface area contributed by atoms with Gasteiger partial charge in [-0.05, 0) is 47.3 Å². The average Bonchev–Trinajstić information content (AvgIpc) is 3.49. The fourth-order valence-electron chi connectivity index (χ4n) is 3.64. The normalized spacial score (nSPS) is 14.3. The Morgan fingerprint density at radius 2 is 1.87 bits per heavy atom. The van der Waals surface area contributed by atoms with Crippen LogP contribution >= 0.6 is 22.7 Å². The van der Waals surface area contributed by atoms with Crippen LogP contribution < -0.4 is 9.64 Å². The van der Waals surface area contributed by atoms with Crippen LogP contribution in [0.1, 0.15) is 9.67 Å². The van der Waals surface area contributed by atoms with Crippen LogP contribution in [0.3, 0.4) is 0 Å². The highest BCUT2D eigenvalue weighted by atomic mass is 32.1. The molecule has 1 amide bonds. The number of nitrogens with zero attached hydrogens (tertiary/aromatic N) is 4. The molecule has 1 fully saturated rings. The first kappa shape index (κ1) is 19.0. The van der Waals surface area contributed by atoms with E-state index in [0.29, 0.717) is 13.1 Å². The second kappa shape index (κ2) is 8.04. The van der Waals surface area contributed by atoms with Crippen molar-refractivity contribution in [2.75, 3.05) is 38.2 Å². The summed E-state index contributed by atoms with van der Waals surface area (Å²) >= 11 is 3.20. The van der Waals surface area contributed by atoms with E-state index < -0.39 is 0 Å². The summed E-state index contributed by atoms with van der Waals surface area (Å²) in [7, 11) is 1.67. The lowest BCUT2D eigenvalue weighted by Crippen LogP contribution is -2.48. The number of anilines is 1. The van der Waals surface area contributed by atoms with E-state index in [1.807, 2.05) is 34.5 Å². The van der Waals surface area contributed by atoms with Gasteiger partial charge in [-0.2, -0.15) is 0 Å². The fraction of sp³-hybridized carbons (Fsp3) is 0.227. The molecular formula is C22H20N4O2S2. The van der Waals surface area contributed by atoms with Crippen LogP contribution in [-0.2, 0) is 0 Å². The van der Waals surface area contributed by atoms with E-state index in [9.17, 15) is 4.79 Å². The van der Waals surface area contributed by atoms with Gasteiger partial charge in [0.05, 0.1) is 22.2 Å². The Balaban J connectivity index is 1.37. The van der Waals surface area contributed by atoms with E-state index in [-0.39, 0.29) is 5.91 Å². The van der Waals surface area contributed by atoms with Crippen molar-refractivity contribution < 1.29 is 9.53 Å². The van der Waals surface area contributed by atoms with Gasteiger partial charge in [-0.15, -0.1) is 22.7 Å². The summed E-state index contributed by atoms with van der Waals surface area (Å²) in [5.41, 5.74) is 2.09. The number of fused-ring (bicyclic) bond motifs is 1. The number of carbonyl (C=O) groups is 1. The maximum atomic E-state index is 12.6. The van der Waals surface area contributed by atoms with E-state index in [0.717, 1.165) is 50.2 Å². The monoisotopic (exact) mass is 436 g/mol. The van der Waals surface area contributed by atoms with Crippen LogP contribution in [0.5, 0.6) is 5.75 Å². The Hall–Kier alpha value is -2.97. The second-order valence-electron chi connectivity index (χ2n) is 7.01. The van der Waals surface area contributed by atoms with Crippen LogP contribution in [0.15, 0.2) is 54.2 Å². The number of ether oxygens (including phenoxy) is 1. The van der Waals surface area contributed by atoms with Gasteiger partial charge >= 0.3 is 0 Å². The lowest BCUT2D eigenvalue weighted by molar-refractivity contribution is 0.0751. The number of rotatable bonds is 4. The van der Waals surface area contributed by atoms with Crippen LogP contribution in [0.2, 0.25) is 0 Å². The third kappa shape index (κ3) is 3.53. The number of carbonyl (C=O) groups excluding carboxylic acids is 1. The maximum Gasteiger partial charge on any atom is 0.264 e. The minimum atomic E-state index is 0.121. The van der Waals surface area contributed by atoms with Gasteiger partial charge in [0.25, 0.3) is 5.91 Å². The molecule has 0 radical (unpaired) electrons. The van der Waals surface area contributed by atoms with Crippen LogP contribution in [0.25, 0.3) is 20.7 Å². The molecule has 4 heterocycles. The molecule has 0 unspecified atom stereocenters. The Kier molecular flexibility index (Phi) is 5.10. The van der Waals surface area contributed by atoms with Gasteiger partial charge in [-0.25, -0.2) is 9.97 Å². The van der Waals surface area contributed by atoms with Gasteiger partial charge < -0.3 is 14.5 Å².